The highest BCUT2D eigenvalue weighted by Crippen LogP contribution is 2.49. The number of rotatable bonds is 5. The van der Waals surface area contributed by atoms with Gasteiger partial charge in [-0.2, -0.15) is 0 Å². The van der Waals surface area contributed by atoms with E-state index in [9.17, 15) is 0 Å². The summed E-state index contributed by atoms with van der Waals surface area (Å²) in [5.41, 5.74) is 14.1. The molecule has 2 heterocycles. The van der Waals surface area contributed by atoms with Gasteiger partial charge in [0.2, 0.25) is 0 Å². The lowest BCUT2D eigenvalue weighted by Crippen LogP contribution is -2.14. The second-order valence-electron chi connectivity index (χ2n) is 15.2. The molecule has 10 aromatic rings. The fourth-order valence-corrected chi connectivity index (χ4v) is 8.65. The number of nitrogens with zero attached hydrogens (tertiary/aromatic N) is 3. The van der Waals surface area contributed by atoms with Gasteiger partial charge in [-0.25, -0.2) is 15.0 Å². The van der Waals surface area contributed by atoms with E-state index in [0.29, 0.717) is 17.5 Å². The lowest BCUT2D eigenvalue weighted by atomic mass is 9.82. The lowest BCUT2D eigenvalue weighted by molar-refractivity contribution is 0.660. The number of hydrogen-bond acceptors (Lipinski definition) is 4. The number of aromatic nitrogens is 3. The highest BCUT2D eigenvalue weighted by Gasteiger charge is 2.35. The summed E-state index contributed by atoms with van der Waals surface area (Å²) in [5, 5.41) is 4.55. The summed E-state index contributed by atoms with van der Waals surface area (Å²) >= 11 is 0. The second-order valence-corrected chi connectivity index (χ2v) is 15.2. The molecule has 2 aromatic heterocycles. The van der Waals surface area contributed by atoms with Gasteiger partial charge in [-0.3, -0.25) is 0 Å². The monoisotopic (exact) mass is 717 g/mol. The van der Waals surface area contributed by atoms with Crippen molar-refractivity contribution in [2.75, 3.05) is 0 Å². The molecule has 1 aliphatic carbocycles. The van der Waals surface area contributed by atoms with Crippen LogP contribution in [-0.4, -0.2) is 15.0 Å². The summed E-state index contributed by atoms with van der Waals surface area (Å²) in [7, 11) is 0. The van der Waals surface area contributed by atoms with E-state index in [2.05, 4.69) is 178 Å². The van der Waals surface area contributed by atoms with Gasteiger partial charge in [-0.1, -0.05) is 153 Å². The molecular weight excluding hydrogens is 683 g/mol. The van der Waals surface area contributed by atoms with Gasteiger partial charge in [0.25, 0.3) is 0 Å². The summed E-state index contributed by atoms with van der Waals surface area (Å²) in [6.45, 7) is 4.61. The van der Waals surface area contributed by atoms with E-state index in [-0.39, 0.29) is 5.41 Å². The Hall–Kier alpha value is -7.17. The molecule has 4 heteroatoms. The van der Waals surface area contributed by atoms with Crippen LogP contribution in [0.15, 0.2) is 180 Å². The van der Waals surface area contributed by atoms with Crippen LogP contribution >= 0.6 is 0 Å². The Morgan fingerprint density at radius 3 is 1.80 bits per heavy atom. The number of fused-ring (bicyclic) bond motifs is 7. The van der Waals surface area contributed by atoms with Gasteiger partial charge in [-0.05, 0) is 91.7 Å². The average molecular weight is 718 g/mol. The van der Waals surface area contributed by atoms with Crippen LogP contribution in [0.3, 0.4) is 0 Å². The minimum atomic E-state index is -0.0824. The van der Waals surface area contributed by atoms with E-state index >= 15 is 0 Å². The van der Waals surface area contributed by atoms with E-state index in [1.54, 1.807) is 0 Å². The fourth-order valence-electron chi connectivity index (χ4n) is 8.65. The topological polar surface area (TPSA) is 51.8 Å². The molecule has 0 atom stereocenters. The van der Waals surface area contributed by atoms with Crippen LogP contribution in [0.25, 0.3) is 100 Å². The zero-order chi connectivity index (χ0) is 37.4. The Bertz CT molecular complexity index is 3180. The molecule has 1 aliphatic rings. The van der Waals surface area contributed by atoms with Crippen LogP contribution in [0, 0.1) is 0 Å². The number of hydrogen-bond donors (Lipinski definition) is 0. The van der Waals surface area contributed by atoms with Crippen molar-refractivity contribution in [3.63, 3.8) is 0 Å². The van der Waals surface area contributed by atoms with Crippen LogP contribution < -0.4 is 0 Å². The minimum Gasteiger partial charge on any atom is -0.456 e. The number of furan rings is 1. The summed E-state index contributed by atoms with van der Waals surface area (Å²) < 4.78 is 6.49. The normalized spacial score (nSPS) is 13.0. The van der Waals surface area contributed by atoms with Crippen LogP contribution in [0.1, 0.15) is 25.0 Å². The van der Waals surface area contributed by atoms with Crippen LogP contribution in [0.2, 0.25) is 0 Å². The first-order valence-corrected chi connectivity index (χ1v) is 19.1. The maximum absolute atomic E-state index is 6.49. The maximum atomic E-state index is 6.49. The van der Waals surface area contributed by atoms with Gasteiger partial charge in [-0.15, -0.1) is 0 Å². The summed E-state index contributed by atoms with van der Waals surface area (Å²) in [5.74, 6) is 1.91. The Morgan fingerprint density at radius 2 is 0.964 bits per heavy atom. The zero-order valence-corrected chi connectivity index (χ0v) is 31.0. The summed E-state index contributed by atoms with van der Waals surface area (Å²) in [4.78, 5) is 15.5. The zero-order valence-electron chi connectivity index (χ0n) is 31.0. The van der Waals surface area contributed by atoms with Crippen molar-refractivity contribution in [2.45, 2.75) is 19.3 Å². The molecule has 0 saturated carbocycles. The van der Waals surface area contributed by atoms with Gasteiger partial charge < -0.3 is 4.42 Å². The fraction of sp³-hybridized carbons (Fsp3) is 0.0577. The molecule has 0 amide bonds. The van der Waals surface area contributed by atoms with E-state index in [1.807, 2.05) is 12.1 Å². The van der Waals surface area contributed by atoms with Gasteiger partial charge >= 0.3 is 0 Å². The van der Waals surface area contributed by atoms with E-state index in [1.165, 1.54) is 38.8 Å². The van der Waals surface area contributed by atoms with E-state index in [4.69, 9.17) is 19.4 Å². The quantitative estimate of drug-likeness (QED) is 0.178. The predicted octanol–water partition coefficient (Wildman–Crippen LogP) is 13.6. The smallest absolute Gasteiger partial charge is 0.164 e. The summed E-state index contributed by atoms with van der Waals surface area (Å²) in [6, 6.07) is 62.0. The Balaban J connectivity index is 1.04. The maximum Gasteiger partial charge on any atom is 0.164 e. The molecular formula is C52H35N3O. The van der Waals surface area contributed by atoms with Crippen molar-refractivity contribution in [1.82, 2.24) is 15.0 Å². The Labute approximate surface area is 324 Å². The lowest BCUT2D eigenvalue weighted by Gasteiger charge is -2.21. The van der Waals surface area contributed by atoms with E-state index < -0.39 is 0 Å². The van der Waals surface area contributed by atoms with Crippen LogP contribution in [0.4, 0.5) is 0 Å². The second kappa shape index (κ2) is 12.4. The molecule has 0 unspecified atom stereocenters. The number of benzene rings is 8. The first-order valence-electron chi connectivity index (χ1n) is 19.1. The minimum absolute atomic E-state index is 0.0824. The molecule has 264 valence electrons. The molecule has 0 fully saturated rings. The summed E-state index contributed by atoms with van der Waals surface area (Å²) in [6.07, 6.45) is 0. The molecule has 0 spiro atoms. The molecule has 4 nitrogen and oxygen atoms in total. The van der Waals surface area contributed by atoms with Gasteiger partial charge in [0, 0.05) is 32.9 Å². The molecule has 0 N–H and O–H groups in total. The Morgan fingerprint density at radius 1 is 0.375 bits per heavy atom. The molecule has 0 bridgehead atoms. The van der Waals surface area contributed by atoms with Crippen molar-refractivity contribution < 1.29 is 4.42 Å². The highest BCUT2D eigenvalue weighted by atomic mass is 16.3. The van der Waals surface area contributed by atoms with Crippen LogP contribution in [-0.2, 0) is 5.41 Å². The third-order valence-corrected chi connectivity index (χ3v) is 11.5. The largest absolute Gasteiger partial charge is 0.456 e. The predicted molar refractivity (Wildman–Crippen MR) is 229 cm³/mol. The van der Waals surface area contributed by atoms with Crippen molar-refractivity contribution in [3.05, 3.63) is 187 Å². The van der Waals surface area contributed by atoms with E-state index in [0.717, 1.165) is 55.1 Å². The van der Waals surface area contributed by atoms with Gasteiger partial charge in [0.15, 0.2) is 17.5 Å². The third kappa shape index (κ3) is 5.18. The molecule has 0 saturated heterocycles. The molecule has 8 aromatic carbocycles. The first-order chi connectivity index (χ1) is 27.5. The van der Waals surface area contributed by atoms with Crippen molar-refractivity contribution in [3.8, 4) is 67.5 Å². The third-order valence-electron chi connectivity index (χ3n) is 11.5. The molecule has 0 radical (unpaired) electrons. The standard InChI is InChI=1S/C52H35N3O/c1-52(2)44-20-9-8-18-41(44)43-30-39(25-27-45(43)52)51-54-49(53-50(55-51)38-23-22-32-12-6-7-15-34(32)28-38)37-17-10-16-35(29-37)36-24-26-42-47(31-36)56-46-21-11-19-40(48(42)46)33-13-4-3-5-14-33/h3-31H,1-2H3. The highest BCUT2D eigenvalue weighted by molar-refractivity contribution is 6.13. The molecule has 56 heavy (non-hydrogen) atoms. The van der Waals surface area contributed by atoms with Crippen molar-refractivity contribution >= 4 is 32.7 Å². The van der Waals surface area contributed by atoms with Crippen molar-refractivity contribution in [1.29, 1.82) is 0 Å². The van der Waals surface area contributed by atoms with Gasteiger partial charge in [0.05, 0.1) is 0 Å². The van der Waals surface area contributed by atoms with Crippen molar-refractivity contribution in [2.24, 2.45) is 0 Å². The molecule has 11 rings (SSSR count). The molecule has 0 aliphatic heterocycles. The SMILES string of the molecule is CC1(C)c2ccccc2-c2cc(-c3nc(-c4cccc(-c5ccc6c(c5)oc5cccc(-c7ccccc7)c56)c4)nc(-c4ccc5ccccc5c4)n3)ccc21. The average Bonchev–Trinajstić information content (AvgIpc) is 3.75. The van der Waals surface area contributed by atoms with Gasteiger partial charge in [0.1, 0.15) is 11.2 Å². The van der Waals surface area contributed by atoms with Crippen LogP contribution in [0.5, 0.6) is 0 Å². The first kappa shape index (κ1) is 32.3. The Kier molecular flexibility index (Phi) is 7.17.